The first-order valence-electron chi connectivity index (χ1n) is 17.0. The molecule has 6 aromatic rings. The van der Waals surface area contributed by atoms with Gasteiger partial charge in [0.2, 0.25) is 0 Å². The maximum absolute atomic E-state index is 14.2. The molecule has 5 aromatic carbocycles. The Morgan fingerprint density at radius 3 is 2.00 bits per heavy atom. The summed E-state index contributed by atoms with van der Waals surface area (Å²) in [5.74, 6) is -0.340. The van der Waals surface area contributed by atoms with Crippen molar-refractivity contribution in [2.45, 2.75) is 37.2 Å². The van der Waals surface area contributed by atoms with Gasteiger partial charge in [0.15, 0.2) is 10.0 Å². The Bertz CT molecular complexity index is 2250. The van der Waals surface area contributed by atoms with Crippen molar-refractivity contribution in [3.63, 3.8) is 0 Å². The molecule has 0 radical (unpaired) electrons. The van der Waals surface area contributed by atoms with Crippen molar-refractivity contribution in [1.29, 1.82) is 0 Å². The van der Waals surface area contributed by atoms with Crippen molar-refractivity contribution in [2.75, 3.05) is 22.9 Å². The lowest BCUT2D eigenvalue weighted by Crippen LogP contribution is -2.31. The number of esters is 1. The van der Waals surface area contributed by atoms with Gasteiger partial charge in [0, 0.05) is 36.5 Å². The summed E-state index contributed by atoms with van der Waals surface area (Å²) in [4.78, 5) is 30.1. The number of aromatic nitrogens is 1. The van der Waals surface area contributed by atoms with Gasteiger partial charge in [-0.15, -0.1) is 11.3 Å². The van der Waals surface area contributed by atoms with Gasteiger partial charge in [-0.2, -0.15) is 0 Å². The predicted molar refractivity (Wildman–Crippen MR) is 207 cm³/mol. The number of sulfonamides is 1. The van der Waals surface area contributed by atoms with Crippen molar-refractivity contribution in [3.8, 4) is 11.3 Å². The van der Waals surface area contributed by atoms with E-state index in [1.807, 2.05) is 72.8 Å². The number of carbonyl (C=O) groups excluding carboxylic acids is 1. The first kappa shape index (κ1) is 36.9. The zero-order valence-electron chi connectivity index (χ0n) is 29.1. The molecule has 53 heavy (non-hydrogen) atoms. The summed E-state index contributed by atoms with van der Waals surface area (Å²) in [6, 6.07) is 40.5. The summed E-state index contributed by atoms with van der Waals surface area (Å²) < 4.78 is 34.4. The lowest BCUT2D eigenvalue weighted by molar-refractivity contribution is -0.731. The van der Waals surface area contributed by atoms with Crippen LogP contribution in [-0.2, 0) is 45.5 Å². The Morgan fingerprint density at radius 1 is 0.755 bits per heavy atom. The molecule has 0 saturated heterocycles. The minimum atomic E-state index is -4.35. The van der Waals surface area contributed by atoms with Gasteiger partial charge in [0.1, 0.15) is 0 Å². The summed E-state index contributed by atoms with van der Waals surface area (Å²) in [5.41, 5.74) is 5.73. The van der Waals surface area contributed by atoms with E-state index in [4.69, 9.17) is 9.72 Å². The number of carbonyl (C=O) groups is 1. The van der Waals surface area contributed by atoms with E-state index in [2.05, 4.69) is 22.4 Å². The predicted octanol–water partition coefficient (Wildman–Crippen LogP) is 8.36. The largest absolute Gasteiger partial charge is 0.469 e. The fraction of sp³-hybridized carbons (Fsp3) is 0.171. The standard InChI is InChI=1S/C41H39N4O6S2/c1-51-40(46)25-22-32-20-23-36(24-21-32)44(53(49,50)39-15-9-8-14-38(39)45(47)48)29-34-18-16-33(17-19-34)28-43(27-26-31-10-4-2-5-11-31)41-42-37(30-52-41)35-12-6-3-7-13-35/h2-21,23-24,30H,22,25-29H2,1H3,(H,47,48)/q+1. The summed E-state index contributed by atoms with van der Waals surface area (Å²) in [6.07, 6.45) is 1.45. The van der Waals surface area contributed by atoms with Crippen LogP contribution in [0, 0.1) is 4.91 Å². The number of ether oxygens (including phenoxy) is 1. The molecule has 0 bridgehead atoms. The quantitative estimate of drug-likeness (QED) is 0.0775. The Balaban J connectivity index is 1.26. The van der Waals surface area contributed by atoms with Gasteiger partial charge in [-0.05, 0) is 53.3 Å². The molecular weight excluding hydrogens is 709 g/mol. The molecule has 0 saturated carbocycles. The van der Waals surface area contributed by atoms with E-state index < -0.39 is 20.6 Å². The normalized spacial score (nSPS) is 11.2. The number of hydrogen-bond donors (Lipinski definition) is 1. The van der Waals surface area contributed by atoms with E-state index in [9.17, 15) is 23.3 Å². The Labute approximate surface area is 313 Å². The average molecular weight is 748 g/mol. The van der Waals surface area contributed by atoms with Crippen LogP contribution in [0.5, 0.6) is 0 Å². The van der Waals surface area contributed by atoms with Gasteiger partial charge in [0.05, 0.1) is 29.9 Å². The molecule has 0 aliphatic rings. The van der Waals surface area contributed by atoms with Crippen LogP contribution in [0.15, 0.2) is 144 Å². The molecule has 0 aliphatic carbocycles. The fourth-order valence-electron chi connectivity index (χ4n) is 5.88. The Kier molecular flexibility index (Phi) is 11.9. The third-order valence-electron chi connectivity index (χ3n) is 8.78. The second-order valence-electron chi connectivity index (χ2n) is 12.3. The summed E-state index contributed by atoms with van der Waals surface area (Å²) in [6.45, 7) is 1.29. The zero-order chi connectivity index (χ0) is 37.2. The second kappa shape index (κ2) is 17.1. The van der Waals surface area contributed by atoms with Gasteiger partial charge in [-0.1, -0.05) is 109 Å². The van der Waals surface area contributed by atoms with E-state index in [1.165, 1.54) is 41.2 Å². The highest BCUT2D eigenvalue weighted by Gasteiger charge is 2.34. The molecule has 0 spiro atoms. The third-order valence-corrected chi connectivity index (χ3v) is 11.5. The highest BCUT2D eigenvalue weighted by atomic mass is 32.2. The molecule has 12 heteroatoms. The van der Waals surface area contributed by atoms with Gasteiger partial charge < -0.3 is 9.64 Å². The van der Waals surface area contributed by atoms with Crippen LogP contribution >= 0.6 is 11.3 Å². The van der Waals surface area contributed by atoms with Gasteiger partial charge >= 0.3 is 11.7 Å². The molecule has 0 aliphatic heterocycles. The van der Waals surface area contributed by atoms with E-state index in [-0.39, 0.29) is 23.8 Å². The number of methoxy groups -OCH3 is 1. The van der Waals surface area contributed by atoms with Crippen molar-refractivity contribution >= 4 is 43.8 Å². The van der Waals surface area contributed by atoms with Gasteiger partial charge in [0.25, 0.3) is 14.9 Å². The molecule has 1 aromatic heterocycles. The van der Waals surface area contributed by atoms with Crippen LogP contribution in [0.3, 0.4) is 0 Å². The molecule has 0 atom stereocenters. The van der Waals surface area contributed by atoms with Crippen LogP contribution in [0.1, 0.15) is 28.7 Å². The van der Waals surface area contributed by atoms with Crippen LogP contribution in [0.2, 0.25) is 0 Å². The first-order valence-corrected chi connectivity index (χ1v) is 19.3. The molecule has 0 fully saturated rings. The fourth-order valence-corrected chi connectivity index (χ4v) is 8.36. The maximum Gasteiger partial charge on any atom is 0.336 e. The molecule has 1 heterocycles. The molecule has 10 nitrogen and oxygen atoms in total. The number of para-hydroxylation sites is 1. The van der Waals surface area contributed by atoms with Crippen LogP contribution in [0.4, 0.5) is 16.5 Å². The average Bonchev–Trinajstić information content (AvgIpc) is 3.69. The minimum Gasteiger partial charge on any atom is -0.469 e. The van der Waals surface area contributed by atoms with E-state index in [0.29, 0.717) is 24.2 Å². The SMILES string of the molecule is COC(=O)CCc1ccc(N(Cc2ccc(CN(CCc3ccccc3)c3nc(-c4ccccc4)cs3)cc2)S(=O)(=O)c2ccccc2[N+](=O)O)cc1. The number of aryl methyl sites for hydroxylation is 1. The van der Waals surface area contributed by atoms with Crippen LogP contribution < -0.4 is 9.21 Å². The van der Waals surface area contributed by atoms with E-state index in [0.717, 1.165) is 40.5 Å². The lowest BCUT2D eigenvalue weighted by Gasteiger charge is -2.25. The van der Waals surface area contributed by atoms with Gasteiger partial charge in [-0.25, -0.2) is 18.6 Å². The maximum atomic E-state index is 14.2. The third kappa shape index (κ3) is 9.34. The number of thiazole rings is 1. The highest BCUT2D eigenvalue weighted by Crippen LogP contribution is 2.32. The smallest absolute Gasteiger partial charge is 0.336 e. The topological polar surface area (TPSA) is 120 Å². The number of rotatable bonds is 16. The molecular formula is C41H39N4O6S2+. The second-order valence-corrected chi connectivity index (χ2v) is 15.0. The van der Waals surface area contributed by atoms with Crippen molar-refractivity contribution in [1.82, 2.24) is 4.98 Å². The lowest BCUT2D eigenvalue weighted by atomic mass is 10.1. The highest BCUT2D eigenvalue weighted by molar-refractivity contribution is 7.93. The van der Waals surface area contributed by atoms with Crippen molar-refractivity contribution in [3.05, 3.63) is 166 Å². The van der Waals surface area contributed by atoms with Crippen LogP contribution in [-0.4, -0.2) is 43.2 Å². The summed E-state index contributed by atoms with van der Waals surface area (Å²) >= 11 is 1.60. The minimum absolute atomic E-state index is 0.0482. The summed E-state index contributed by atoms with van der Waals surface area (Å²) in [7, 11) is -3.02. The number of hydrogen-bond acceptors (Lipinski definition) is 8. The summed E-state index contributed by atoms with van der Waals surface area (Å²) in [5, 5.41) is 12.7. The first-order chi connectivity index (χ1) is 25.7. The molecule has 0 amide bonds. The van der Waals surface area contributed by atoms with Crippen molar-refractivity contribution in [2.24, 2.45) is 0 Å². The van der Waals surface area contributed by atoms with Gasteiger partial charge in [-0.3, -0.25) is 9.10 Å². The van der Waals surface area contributed by atoms with E-state index >= 15 is 0 Å². The zero-order valence-corrected chi connectivity index (χ0v) is 30.7. The molecule has 0 unspecified atom stereocenters. The Hall–Kier alpha value is -5.85. The molecule has 6 rings (SSSR count). The van der Waals surface area contributed by atoms with E-state index in [1.54, 1.807) is 35.6 Å². The number of nitrogens with zero attached hydrogens (tertiary/aromatic N) is 4. The van der Waals surface area contributed by atoms with Crippen LogP contribution in [0.25, 0.3) is 11.3 Å². The molecule has 1 N–H and O–H groups in total. The number of anilines is 2. The van der Waals surface area contributed by atoms with Crippen molar-refractivity contribution < 1.29 is 28.1 Å². The monoisotopic (exact) mass is 747 g/mol. The Morgan fingerprint density at radius 2 is 1.34 bits per heavy atom. The number of benzene rings is 5. The molecule has 270 valence electrons.